The van der Waals surface area contributed by atoms with Gasteiger partial charge >= 0.3 is 0 Å². The van der Waals surface area contributed by atoms with Crippen LogP contribution in [0.2, 0.25) is 5.02 Å². The van der Waals surface area contributed by atoms with Gasteiger partial charge in [0.2, 0.25) is 0 Å². The Hall–Kier alpha value is -2.67. The first kappa shape index (κ1) is 14.7. The average molecular weight is 307 g/mol. The van der Waals surface area contributed by atoms with Gasteiger partial charge in [-0.2, -0.15) is 0 Å². The molecule has 2 aromatic rings. The second-order valence-corrected chi connectivity index (χ2v) is 4.63. The van der Waals surface area contributed by atoms with E-state index in [1.807, 2.05) is 0 Å². The fraction of sp³-hybridized carbons (Fsp3) is 0.0769. The van der Waals surface area contributed by atoms with E-state index in [-0.39, 0.29) is 17.9 Å². The Balaban J connectivity index is 2.15. The molecular weight excluding hydrogens is 296 g/mol. The molecular formula is C13H11ClN4O3. The summed E-state index contributed by atoms with van der Waals surface area (Å²) >= 11 is 5.76. The van der Waals surface area contributed by atoms with Crippen molar-refractivity contribution in [3.05, 3.63) is 62.8 Å². The molecule has 0 aliphatic carbocycles. The lowest BCUT2D eigenvalue weighted by molar-refractivity contribution is -0.385. The van der Waals surface area contributed by atoms with Crippen molar-refractivity contribution in [3.8, 4) is 0 Å². The SMILES string of the molecule is Nc1cc(C(=O)NCc2ccc(Cl)cc2)c([N+](=O)[O-])cn1. The minimum atomic E-state index is -0.677. The van der Waals surface area contributed by atoms with Gasteiger partial charge in [0, 0.05) is 11.6 Å². The molecule has 0 bridgehead atoms. The van der Waals surface area contributed by atoms with Gasteiger partial charge in [-0.25, -0.2) is 4.98 Å². The Bertz CT molecular complexity index is 688. The maximum absolute atomic E-state index is 12.0. The number of benzene rings is 1. The lowest BCUT2D eigenvalue weighted by atomic mass is 10.2. The van der Waals surface area contributed by atoms with E-state index in [1.165, 1.54) is 6.07 Å². The highest BCUT2D eigenvalue weighted by Gasteiger charge is 2.20. The number of nitro groups is 1. The molecule has 0 unspecified atom stereocenters. The van der Waals surface area contributed by atoms with Crippen LogP contribution < -0.4 is 11.1 Å². The molecule has 0 atom stereocenters. The van der Waals surface area contributed by atoms with Crippen LogP contribution in [-0.2, 0) is 6.54 Å². The number of carbonyl (C=O) groups excluding carboxylic acids is 1. The van der Waals surface area contributed by atoms with Crippen LogP contribution >= 0.6 is 11.6 Å². The Morgan fingerprint density at radius 1 is 1.38 bits per heavy atom. The summed E-state index contributed by atoms with van der Waals surface area (Å²) in [7, 11) is 0. The molecule has 1 heterocycles. The predicted molar refractivity (Wildman–Crippen MR) is 77.9 cm³/mol. The van der Waals surface area contributed by atoms with E-state index < -0.39 is 16.5 Å². The number of halogens is 1. The number of hydrogen-bond acceptors (Lipinski definition) is 5. The molecule has 0 spiro atoms. The van der Waals surface area contributed by atoms with Gasteiger partial charge in [0.25, 0.3) is 11.6 Å². The first-order valence-corrected chi connectivity index (χ1v) is 6.27. The van der Waals surface area contributed by atoms with Gasteiger partial charge < -0.3 is 11.1 Å². The van der Waals surface area contributed by atoms with E-state index in [9.17, 15) is 14.9 Å². The van der Waals surface area contributed by atoms with Crippen molar-refractivity contribution in [2.45, 2.75) is 6.54 Å². The number of carbonyl (C=O) groups is 1. The zero-order chi connectivity index (χ0) is 15.4. The molecule has 21 heavy (non-hydrogen) atoms. The maximum atomic E-state index is 12.0. The minimum Gasteiger partial charge on any atom is -0.384 e. The van der Waals surface area contributed by atoms with Crippen molar-refractivity contribution in [3.63, 3.8) is 0 Å². The summed E-state index contributed by atoms with van der Waals surface area (Å²) in [5.74, 6) is -0.553. The van der Waals surface area contributed by atoms with E-state index in [0.29, 0.717) is 5.02 Å². The monoisotopic (exact) mass is 306 g/mol. The quantitative estimate of drug-likeness (QED) is 0.664. The topological polar surface area (TPSA) is 111 Å². The first-order chi connectivity index (χ1) is 9.97. The number of rotatable bonds is 4. The van der Waals surface area contributed by atoms with Crippen LogP contribution in [0.25, 0.3) is 0 Å². The van der Waals surface area contributed by atoms with Crippen LogP contribution in [-0.4, -0.2) is 15.8 Å². The van der Waals surface area contributed by atoms with Crippen molar-refractivity contribution in [2.75, 3.05) is 5.73 Å². The van der Waals surface area contributed by atoms with Gasteiger partial charge in [-0.3, -0.25) is 14.9 Å². The van der Waals surface area contributed by atoms with E-state index in [2.05, 4.69) is 10.3 Å². The van der Waals surface area contributed by atoms with Crippen LogP contribution in [0.5, 0.6) is 0 Å². The Morgan fingerprint density at radius 3 is 2.67 bits per heavy atom. The summed E-state index contributed by atoms with van der Waals surface area (Å²) in [6, 6.07) is 8.05. The van der Waals surface area contributed by atoms with Crippen molar-refractivity contribution in [1.82, 2.24) is 10.3 Å². The van der Waals surface area contributed by atoms with Gasteiger partial charge in [-0.1, -0.05) is 23.7 Å². The number of nitrogens with one attached hydrogen (secondary N) is 1. The van der Waals surface area contributed by atoms with Crippen LogP contribution in [0.15, 0.2) is 36.5 Å². The smallest absolute Gasteiger partial charge is 0.300 e. The molecule has 0 radical (unpaired) electrons. The van der Waals surface area contributed by atoms with Crippen molar-refractivity contribution in [2.24, 2.45) is 0 Å². The molecule has 7 nitrogen and oxygen atoms in total. The Labute approximate surface area is 124 Å². The molecule has 0 aliphatic heterocycles. The van der Waals surface area contributed by atoms with E-state index in [0.717, 1.165) is 11.8 Å². The van der Waals surface area contributed by atoms with Crippen LogP contribution in [0.1, 0.15) is 15.9 Å². The first-order valence-electron chi connectivity index (χ1n) is 5.90. The van der Waals surface area contributed by atoms with Crippen molar-refractivity contribution >= 4 is 29.0 Å². The highest BCUT2D eigenvalue weighted by atomic mass is 35.5. The summed E-state index contributed by atoms with van der Waals surface area (Å²) < 4.78 is 0. The number of nitrogens with zero attached hydrogens (tertiary/aromatic N) is 2. The molecule has 2 rings (SSSR count). The number of amides is 1. The molecule has 0 fully saturated rings. The third kappa shape index (κ3) is 3.67. The van der Waals surface area contributed by atoms with Gasteiger partial charge in [-0.15, -0.1) is 0 Å². The number of nitrogens with two attached hydrogens (primary N) is 1. The van der Waals surface area contributed by atoms with Crippen LogP contribution in [0.4, 0.5) is 11.5 Å². The fourth-order valence-corrected chi connectivity index (χ4v) is 1.80. The zero-order valence-electron chi connectivity index (χ0n) is 10.7. The summed E-state index contributed by atoms with van der Waals surface area (Å²) in [6.07, 6.45) is 0.965. The molecule has 0 saturated heterocycles. The van der Waals surface area contributed by atoms with Crippen molar-refractivity contribution in [1.29, 1.82) is 0 Å². The van der Waals surface area contributed by atoms with E-state index in [4.69, 9.17) is 17.3 Å². The Morgan fingerprint density at radius 2 is 2.05 bits per heavy atom. The van der Waals surface area contributed by atoms with Gasteiger partial charge in [0.15, 0.2) is 0 Å². The third-order valence-electron chi connectivity index (χ3n) is 2.71. The van der Waals surface area contributed by atoms with Crippen molar-refractivity contribution < 1.29 is 9.72 Å². The lowest BCUT2D eigenvalue weighted by Gasteiger charge is -2.06. The molecule has 0 saturated carbocycles. The Kier molecular flexibility index (Phi) is 4.34. The van der Waals surface area contributed by atoms with E-state index in [1.54, 1.807) is 24.3 Å². The normalized spacial score (nSPS) is 10.1. The minimum absolute atomic E-state index is 0.0391. The summed E-state index contributed by atoms with van der Waals surface area (Å²) in [4.78, 5) is 25.9. The van der Waals surface area contributed by atoms with Gasteiger partial charge in [-0.05, 0) is 23.8 Å². The van der Waals surface area contributed by atoms with Gasteiger partial charge in [0.1, 0.15) is 17.6 Å². The second-order valence-electron chi connectivity index (χ2n) is 4.19. The number of aromatic nitrogens is 1. The average Bonchev–Trinajstić information content (AvgIpc) is 2.46. The standard InChI is InChI=1S/C13H11ClN4O3/c14-9-3-1-8(2-4-9)6-17-13(19)10-5-12(15)16-7-11(10)18(20)21/h1-5,7H,6H2,(H2,15,16)(H,17,19). The highest BCUT2D eigenvalue weighted by molar-refractivity contribution is 6.30. The molecule has 8 heteroatoms. The molecule has 1 amide bonds. The maximum Gasteiger partial charge on any atom is 0.300 e. The zero-order valence-corrected chi connectivity index (χ0v) is 11.5. The molecule has 1 aromatic carbocycles. The lowest BCUT2D eigenvalue weighted by Crippen LogP contribution is -2.24. The summed E-state index contributed by atoms with van der Waals surface area (Å²) in [5, 5.41) is 14.1. The fourth-order valence-electron chi connectivity index (χ4n) is 1.67. The summed E-state index contributed by atoms with van der Waals surface area (Å²) in [6.45, 7) is 0.218. The molecule has 0 aliphatic rings. The predicted octanol–water partition coefficient (Wildman–Crippen LogP) is 2.16. The largest absolute Gasteiger partial charge is 0.384 e. The molecule has 108 valence electrons. The number of anilines is 1. The molecule has 3 N–H and O–H groups in total. The second kappa shape index (κ2) is 6.19. The van der Waals surface area contributed by atoms with Crippen LogP contribution in [0.3, 0.4) is 0 Å². The van der Waals surface area contributed by atoms with Gasteiger partial charge in [0.05, 0.1) is 4.92 Å². The molecule has 1 aromatic heterocycles. The van der Waals surface area contributed by atoms with Crippen LogP contribution in [0, 0.1) is 10.1 Å². The highest BCUT2D eigenvalue weighted by Crippen LogP contribution is 2.19. The number of nitrogen functional groups attached to an aromatic ring is 1. The summed E-state index contributed by atoms with van der Waals surface area (Å²) in [5.41, 5.74) is 5.76. The number of pyridine rings is 1. The third-order valence-corrected chi connectivity index (χ3v) is 2.96. The number of hydrogen-bond donors (Lipinski definition) is 2. The van der Waals surface area contributed by atoms with E-state index >= 15 is 0 Å².